The minimum atomic E-state index is 1.09. The molecule has 0 atom stereocenters. The van der Waals surface area contributed by atoms with Gasteiger partial charge in [0.1, 0.15) is 0 Å². The van der Waals surface area contributed by atoms with Crippen molar-refractivity contribution in [1.29, 1.82) is 0 Å². The zero-order valence-electron chi connectivity index (χ0n) is 11.4. The van der Waals surface area contributed by atoms with Gasteiger partial charge < -0.3 is 5.32 Å². The Kier molecular flexibility index (Phi) is 2.75. The number of hydrogen-bond donors (Lipinski definition) is 1. The largest absolute Gasteiger partial charge is 0.355 e. The van der Waals surface area contributed by atoms with E-state index in [0.717, 1.165) is 16.6 Å². The molecular weight excluding hydrogens is 234 g/mol. The van der Waals surface area contributed by atoms with Gasteiger partial charge in [0, 0.05) is 23.8 Å². The first-order valence-electron chi connectivity index (χ1n) is 6.40. The highest BCUT2D eigenvalue weighted by atomic mass is 15.2. The second kappa shape index (κ2) is 4.43. The summed E-state index contributed by atoms with van der Waals surface area (Å²) in [5.74, 6) is 0. The first kappa shape index (κ1) is 11.8. The summed E-state index contributed by atoms with van der Waals surface area (Å²) in [6, 6.07) is 12.7. The Bertz CT molecular complexity index is 721. The number of rotatable bonds is 2. The van der Waals surface area contributed by atoms with E-state index in [1.807, 2.05) is 17.9 Å². The van der Waals surface area contributed by atoms with Gasteiger partial charge in [-0.1, -0.05) is 18.2 Å². The molecule has 0 aliphatic carbocycles. The molecule has 3 aromatic rings. The van der Waals surface area contributed by atoms with E-state index in [1.54, 1.807) is 0 Å². The summed E-state index contributed by atoms with van der Waals surface area (Å²) >= 11 is 0. The molecular formula is C16H17N3. The van der Waals surface area contributed by atoms with Crippen LogP contribution in [0.3, 0.4) is 0 Å². The number of fused-ring (bicyclic) bond motifs is 1. The van der Waals surface area contributed by atoms with Gasteiger partial charge in [0.25, 0.3) is 0 Å². The van der Waals surface area contributed by atoms with Crippen LogP contribution in [0.2, 0.25) is 0 Å². The minimum Gasteiger partial charge on any atom is -0.355 e. The molecule has 0 bridgehead atoms. The van der Waals surface area contributed by atoms with Crippen molar-refractivity contribution in [2.45, 2.75) is 13.8 Å². The third-order valence-electron chi connectivity index (χ3n) is 3.50. The van der Waals surface area contributed by atoms with Crippen LogP contribution in [-0.4, -0.2) is 9.78 Å². The molecule has 0 spiro atoms. The van der Waals surface area contributed by atoms with E-state index in [4.69, 9.17) is 0 Å². The quantitative estimate of drug-likeness (QED) is 0.747. The number of aryl methyl sites for hydroxylation is 3. The average Bonchev–Trinajstić information content (AvgIpc) is 2.76. The Morgan fingerprint density at radius 1 is 1.05 bits per heavy atom. The molecule has 0 aliphatic heterocycles. The highest BCUT2D eigenvalue weighted by Gasteiger charge is 2.04. The molecule has 0 aliphatic rings. The molecule has 0 unspecified atom stereocenters. The summed E-state index contributed by atoms with van der Waals surface area (Å²) in [5, 5.41) is 8.94. The number of hydrogen-bond acceptors (Lipinski definition) is 2. The van der Waals surface area contributed by atoms with E-state index < -0.39 is 0 Å². The van der Waals surface area contributed by atoms with Crippen LogP contribution in [-0.2, 0) is 7.05 Å². The molecule has 0 saturated heterocycles. The summed E-state index contributed by atoms with van der Waals surface area (Å²) in [7, 11) is 1.96. The fourth-order valence-electron chi connectivity index (χ4n) is 2.38. The minimum absolute atomic E-state index is 1.09. The number of anilines is 2. The molecule has 0 radical (unpaired) electrons. The third-order valence-corrected chi connectivity index (χ3v) is 3.50. The number of benzene rings is 2. The molecule has 0 saturated carbocycles. The van der Waals surface area contributed by atoms with Crippen LogP contribution in [0.4, 0.5) is 11.4 Å². The molecule has 0 amide bonds. The summed E-state index contributed by atoms with van der Waals surface area (Å²) in [5.41, 5.74) is 5.92. The Balaban J connectivity index is 2.03. The van der Waals surface area contributed by atoms with Crippen molar-refractivity contribution in [3.8, 4) is 0 Å². The van der Waals surface area contributed by atoms with Crippen molar-refractivity contribution >= 4 is 22.3 Å². The zero-order valence-corrected chi connectivity index (χ0v) is 11.4. The summed E-state index contributed by atoms with van der Waals surface area (Å²) in [6.07, 6.45) is 1.89. The Morgan fingerprint density at radius 3 is 2.53 bits per heavy atom. The van der Waals surface area contributed by atoms with E-state index in [2.05, 4.69) is 60.7 Å². The van der Waals surface area contributed by atoms with E-state index >= 15 is 0 Å². The second-order valence-corrected chi connectivity index (χ2v) is 4.93. The van der Waals surface area contributed by atoms with Gasteiger partial charge in [-0.15, -0.1) is 0 Å². The van der Waals surface area contributed by atoms with Crippen molar-refractivity contribution in [2.75, 3.05) is 5.32 Å². The van der Waals surface area contributed by atoms with Crippen LogP contribution < -0.4 is 5.32 Å². The van der Waals surface area contributed by atoms with E-state index in [9.17, 15) is 0 Å². The van der Waals surface area contributed by atoms with Crippen molar-refractivity contribution in [3.05, 3.63) is 53.7 Å². The lowest BCUT2D eigenvalue weighted by atomic mass is 10.1. The molecule has 1 heterocycles. The van der Waals surface area contributed by atoms with Crippen LogP contribution in [0.25, 0.3) is 10.9 Å². The third kappa shape index (κ3) is 2.08. The second-order valence-electron chi connectivity index (χ2n) is 4.93. The van der Waals surface area contributed by atoms with Gasteiger partial charge in [-0.2, -0.15) is 5.10 Å². The highest BCUT2D eigenvalue weighted by molar-refractivity contribution is 5.83. The number of nitrogens with zero attached hydrogens (tertiary/aromatic N) is 2. The molecule has 2 aromatic carbocycles. The van der Waals surface area contributed by atoms with Gasteiger partial charge >= 0.3 is 0 Å². The van der Waals surface area contributed by atoms with Crippen LogP contribution in [0.1, 0.15) is 11.1 Å². The number of para-hydroxylation sites is 1. The lowest BCUT2D eigenvalue weighted by molar-refractivity contribution is 0.797. The van der Waals surface area contributed by atoms with Crippen molar-refractivity contribution < 1.29 is 0 Å². The van der Waals surface area contributed by atoms with Crippen LogP contribution in [0, 0.1) is 13.8 Å². The van der Waals surface area contributed by atoms with Crippen molar-refractivity contribution in [3.63, 3.8) is 0 Å². The van der Waals surface area contributed by atoms with E-state index in [-0.39, 0.29) is 0 Å². The molecule has 3 nitrogen and oxygen atoms in total. The SMILES string of the molecule is Cc1cccc(C)c1Nc1ccc2cnn(C)c2c1. The Labute approximate surface area is 112 Å². The maximum atomic E-state index is 4.27. The van der Waals surface area contributed by atoms with Crippen LogP contribution in [0.15, 0.2) is 42.6 Å². The average molecular weight is 251 g/mol. The van der Waals surface area contributed by atoms with Crippen molar-refractivity contribution in [1.82, 2.24) is 9.78 Å². The normalized spacial score (nSPS) is 10.9. The monoisotopic (exact) mass is 251 g/mol. The van der Waals surface area contributed by atoms with E-state index in [1.165, 1.54) is 16.8 Å². The van der Waals surface area contributed by atoms with Gasteiger partial charge in [-0.25, -0.2) is 0 Å². The molecule has 96 valence electrons. The molecule has 19 heavy (non-hydrogen) atoms. The Morgan fingerprint density at radius 2 is 1.79 bits per heavy atom. The van der Waals surface area contributed by atoms with Gasteiger partial charge in [-0.3, -0.25) is 4.68 Å². The molecule has 1 N–H and O–H groups in total. The lowest BCUT2D eigenvalue weighted by Gasteiger charge is -2.12. The standard InChI is InChI=1S/C16H17N3/c1-11-5-4-6-12(2)16(11)18-14-8-7-13-10-17-19(3)15(13)9-14/h4-10,18H,1-3H3. The lowest BCUT2D eigenvalue weighted by Crippen LogP contribution is -1.96. The van der Waals surface area contributed by atoms with Crippen LogP contribution in [0.5, 0.6) is 0 Å². The maximum Gasteiger partial charge on any atom is 0.0699 e. The predicted molar refractivity (Wildman–Crippen MR) is 79.9 cm³/mol. The number of aromatic nitrogens is 2. The summed E-state index contributed by atoms with van der Waals surface area (Å²) in [4.78, 5) is 0. The Hall–Kier alpha value is -2.29. The van der Waals surface area contributed by atoms with Crippen molar-refractivity contribution in [2.24, 2.45) is 7.05 Å². The van der Waals surface area contributed by atoms with Gasteiger partial charge in [-0.05, 0) is 43.2 Å². The van der Waals surface area contributed by atoms with Crippen LogP contribution >= 0.6 is 0 Å². The predicted octanol–water partition coefficient (Wildman–Crippen LogP) is 3.93. The number of nitrogens with one attached hydrogen (secondary N) is 1. The molecule has 0 fully saturated rings. The first-order valence-corrected chi connectivity index (χ1v) is 6.40. The maximum absolute atomic E-state index is 4.27. The van der Waals surface area contributed by atoms with Gasteiger partial charge in [0.2, 0.25) is 0 Å². The smallest absolute Gasteiger partial charge is 0.0699 e. The summed E-state index contributed by atoms with van der Waals surface area (Å²) in [6.45, 7) is 4.25. The fourth-order valence-corrected chi connectivity index (χ4v) is 2.38. The zero-order chi connectivity index (χ0) is 13.4. The highest BCUT2D eigenvalue weighted by Crippen LogP contribution is 2.26. The molecule has 3 rings (SSSR count). The summed E-state index contributed by atoms with van der Waals surface area (Å²) < 4.78 is 1.89. The molecule has 3 heteroatoms. The van der Waals surface area contributed by atoms with Gasteiger partial charge in [0.05, 0.1) is 11.7 Å². The fraction of sp³-hybridized carbons (Fsp3) is 0.188. The van der Waals surface area contributed by atoms with E-state index in [0.29, 0.717) is 0 Å². The topological polar surface area (TPSA) is 29.9 Å². The van der Waals surface area contributed by atoms with Gasteiger partial charge in [0.15, 0.2) is 0 Å². The first-order chi connectivity index (χ1) is 9.15. The molecule has 1 aromatic heterocycles.